The van der Waals surface area contributed by atoms with Crippen molar-refractivity contribution in [2.45, 2.75) is 25.4 Å². The number of methoxy groups -OCH3 is 1. The molecule has 2 heterocycles. The van der Waals surface area contributed by atoms with Gasteiger partial charge in [-0.2, -0.15) is 0 Å². The van der Waals surface area contributed by atoms with Crippen molar-refractivity contribution in [3.05, 3.63) is 83.4 Å². The van der Waals surface area contributed by atoms with E-state index in [1.807, 2.05) is 80.2 Å². The number of aromatic nitrogens is 4. The third-order valence-electron chi connectivity index (χ3n) is 5.42. The number of ether oxygens (including phenoxy) is 1. The summed E-state index contributed by atoms with van der Waals surface area (Å²) >= 11 is 1.37. The summed E-state index contributed by atoms with van der Waals surface area (Å²) in [5.41, 5.74) is 5.02. The van der Waals surface area contributed by atoms with Gasteiger partial charge in [0, 0.05) is 36.7 Å². The van der Waals surface area contributed by atoms with E-state index in [0.717, 1.165) is 39.8 Å². The van der Waals surface area contributed by atoms with E-state index < -0.39 is 0 Å². The molecule has 0 fully saturated rings. The van der Waals surface area contributed by atoms with Crippen LogP contribution in [0.1, 0.15) is 22.6 Å². The third-order valence-corrected chi connectivity index (χ3v) is 6.35. The molecule has 4 rings (SSSR count). The first-order valence-electron chi connectivity index (χ1n) is 10.6. The Bertz CT molecular complexity index is 1260. The molecule has 0 bridgehead atoms. The van der Waals surface area contributed by atoms with Crippen molar-refractivity contribution in [2.75, 3.05) is 18.2 Å². The van der Waals surface area contributed by atoms with Crippen LogP contribution in [0.3, 0.4) is 0 Å². The quantitative estimate of drug-likeness (QED) is 0.390. The molecule has 0 aliphatic carbocycles. The molecule has 1 amide bonds. The molecular formula is C25H27N5O2S. The first kappa shape index (κ1) is 22.7. The first-order valence-corrected chi connectivity index (χ1v) is 11.6. The number of benzene rings is 2. The highest BCUT2D eigenvalue weighted by atomic mass is 32.2. The zero-order chi connectivity index (χ0) is 23.4. The largest absolute Gasteiger partial charge is 0.497 e. The van der Waals surface area contributed by atoms with Crippen LogP contribution in [-0.2, 0) is 18.3 Å². The maximum absolute atomic E-state index is 12.7. The predicted octanol–water partition coefficient (Wildman–Crippen LogP) is 4.55. The molecule has 0 aliphatic heterocycles. The Morgan fingerprint density at radius 3 is 2.58 bits per heavy atom. The minimum atomic E-state index is -0.0815. The normalized spacial score (nSPS) is 10.9. The molecule has 0 atom stereocenters. The predicted molar refractivity (Wildman–Crippen MR) is 131 cm³/mol. The van der Waals surface area contributed by atoms with Gasteiger partial charge in [0.15, 0.2) is 5.16 Å². The van der Waals surface area contributed by atoms with Crippen LogP contribution < -0.4 is 10.1 Å². The highest BCUT2D eigenvalue weighted by Gasteiger charge is 2.17. The van der Waals surface area contributed by atoms with Crippen LogP contribution >= 0.6 is 11.8 Å². The number of amides is 1. The van der Waals surface area contributed by atoms with Crippen molar-refractivity contribution >= 4 is 23.4 Å². The van der Waals surface area contributed by atoms with Crippen LogP contribution in [0.4, 0.5) is 5.69 Å². The Kier molecular flexibility index (Phi) is 6.84. The lowest BCUT2D eigenvalue weighted by Crippen LogP contribution is -2.15. The molecule has 33 heavy (non-hydrogen) atoms. The number of rotatable bonds is 8. The van der Waals surface area contributed by atoms with Gasteiger partial charge in [-0.05, 0) is 67.4 Å². The fourth-order valence-corrected chi connectivity index (χ4v) is 4.30. The van der Waals surface area contributed by atoms with Crippen LogP contribution in [0.15, 0.2) is 66.0 Å². The van der Waals surface area contributed by atoms with Gasteiger partial charge in [0.05, 0.1) is 12.9 Å². The molecule has 0 radical (unpaired) electrons. The van der Waals surface area contributed by atoms with Crippen LogP contribution in [0, 0.1) is 13.8 Å². The second-order valence-corrected chi connectivity index (χ2v) is 8.82. The Morgan fingerprint density at radius 2 is 1.88 bits per heavy atom. The Hall–Kier alpha value is -3.52. The number of nitrogens with one attached hydrogen (secondary N) is 1. The molecule has 2 aromatic carbocycles. The smallest absolute Gasteiger partial charge is 0.234 e. The average molecular weight is 462 g/mol. The van der Waals surface area contributed by atoms with Crippen molar-refractivity contribution in [2.24, 2.45) is 7.05 Å². The second-order valence-electron chi connectivity index (χ2n) is 7.87. The van der Waals surface area contributed by atoms with Crippen molar-refractivity contribution < 1.29 is 9.53 Å². The standard InChI is InChI=1S/C25H27N5O2S/c1-17-7-8-18(2)22(14-17)26-24(31)16-33-25-28-27-23(15-20-6-5-13-29(20)3)30(25)19-9-11-21(32-4)12-10-19/h5-14H,15-16H2,1-4H3,(H,26,31). The summed E-state index contributed by atoms with van der Waals surface area (Å²) < 4.78 is 9.37. The molecule has 0 saturated carbocycles. The fourth-order valence-electron chi connectivity index (χ4n) is 3.53. The maximum atomic E-state index is 12.7. The van der Waals surface area contributed by atoms with E-state index in [1.165, 1.54) is 11.8 Å². The summed E-state index contributed by atoms with van der Waals surface area (Å²) in [5, 5.41) is 12.5. The van der Waals surface area contributed by atoms with Gasteiger partial charge >= 0.3 is 0 Å². The second kappa shape index (κ2) is 9.95. The van der Waals surface area contributed by atoms with Gasteiger partial charge < -0.3 is 14.6 Å². The van der Waals surface area contributed by atoms with Gasteiger partial charge in [0.2, 0.25) is 5.91 Å². The summed E-state index contributed by atoms with van der Waals surface area (Å²) in [5.74, 6) is 1.73. The Labute approximate surface area is 197 Å². The van der Waals surface area contributed by atoms with Gasteiger partial charge in [-0.25, -0.2) is 0 Å². The summed E-state index contributed by atoms with van der Waals surface area (Å²) in [6.07, 6.45) is 2.63. The first-order chi connectivity index (χ1) is 15.9. The third kappa shape index (κ3) is 5.28. The van der Waals surface area contributed by atoms with E-state index >= 15 is 0 Å². The van der Waals surface area contributed by atoms with E-state index in [1.54, 1.807) is 7.11 Å². The lowest BCUT2D eigenvalue weighted by Gasteiger charge is -2.12. The lowest BCUT2D eigenvalue weighted by molar-refractivity contribution is -0.113. The number of carbonyl (C=O) groups excluding carboxylic acids is 1. The van der Waals surface area contributed by atoms with Crippen molar-refractivity contribution in [1.29, 1.82) is 0 Å². The molecular weight excluding hydrogens is 434 g/mol. The molecule has 170 valence electrons. The minimum Gasteiger partial charge on any atom is -0.497 e. The maximum Gasteiger partial charge on any atom is 0.234 e. The highest BCUT2D eigenvalue weighted by molar-refractivity contribution is 7.99. The van der Waals surface area contributed by atoms with E-state index in [-0.39, 0.29) is 11.7 Å². The highest BCUT2D eigenvalue weighted by Crippen LogP contribution is 2.25. The molecule has 7 nitrogen and oxygen atoms in total. The number of hydrogen-bond acceptors (Lipinski definition) is 5. The van der Waals surface area contributed by atoms with Gasteiger partial charge in [0.1, 0.15) is 11.6 Å². The number of anilines is 1. The number of aryl methyl sites for hydroxylation is 3. The summed E-state index contributed by atoms with van der Waals surface area (Å²) in [6.45, 7) is 3.99. The van der Waals surface area contributed by atoms with E-state index in [0.29, 0.717) is 11.6 Å². The van der Waals surface area contributed by atoms with Gasteiger partial charge in [-0.1, -0.05) is 23.9 Å². The molecule has 0 unspecified atom stereocenters. The molecule has 2 aromatic heterocycles. The van der Waals surface area contributed by atoms with Gasteiger partial charge in [-0.15, -0.1) is 10.2 Å². The Balaban J connectivity index is 1.57. The van der Waals surface area contributed by atoms with Crippen LogP contribution in [0.5, 0.6) is 5.75 Å². The molecule has 0 spiro atoms. The van der Waals surface area contributed by atoms with Crippen LogP contribution in [-0.4, -0.2) is 38.1 Å². The van der Waals surface area contributed by atoms with Crippen molar-refractivity contribution in [1.82, 2.24) is 19.3 Å². The van der Waals surface area contributed by atoms with E-state index in [9.17, 15) is 4.79 Å². The molecule has 0 saturated heterocycles. The van der Waals surface area contributed by atoms with Crippen molar-refractivity contribution in [3.63, 3.8) is 0 Å². The number of nitrogens with zero attached hydrogens (tertiary/aromatic N) is 4. The van der Waals surface area contributed by atoms with Crippen LogP contribution in [0.2, 0.25) is 0 Å². The summed E-state index contributed by atoms with van der Waals surface area (Å²) in [7, 11) is 3.65. The molecule has 1 N–H and O–H groups in total. The lowest BCUT2D eigenvalue weighted by atomic mass is 10.1. The molecule has 8 heteroatoms. The number of hydrogen-bond donors (Lipinski definition) is 1. The van der Waals surface area contributed by atoms with E-state index in [4.69, 9.17) is 4.74 Å². The average Bonchev–Trinajstić information content (AvgIpc) is 3.41. The summed E-state index contributed by atoms with van der Waals surface area (Å²) in [6, 6.07) is 17.9. The van der Waals surface area contributed by atoms with Crippen LogP contribution in [0.25, 0.3) is 5.69 Å². The van der Waals surface area contributed by atoms with E-state index in [2.05, 4.69) is 26.1 Å². The SMILES string of the molecule is COc1ccc(-n2c(Cc3cccn3C)nnc2SCC(=O)Nc2cc(C)ccc2C)cc1. The number of carbonyl (C=O) groups is 1. The van der Waals surface area contributed by atoms with Crippen molar-refractivity contribution in [3.8, 4) is 11.4 Å². The minimum absolute atomic E-state index is 0.0815. The number of thioether (sulfide) groups is 1. The summed E-state index contributed by atoms with van der Waals surface area (Å²) in [4.78, 5) is 12.7. The zero-order valence-electron chi connectivity index (χ0n) is 19.2. The Morgan fingerprint density at radius 1 is 1.09 bits per heavy atom. The van der Waals surface area contributed by atoms with Gasteiger partial charge in [-0.3, -0.25) is 9.36 Å². The fraction of sp³-hybridized carbons (Fsp3) is 0.240. The monoisotopic (exact) mass is 461 g/mol. The topological polar surface area (TPSA) is 74.0 Å². The molecule has 4 aromatic rings. The van der Waals surface area contributed by atoms with Gasteiger partial charge in [0.25, 0.3) is 0 Å². The molecule has 0 aliphatic rings. The zero-order valence-corrected chi connectivity index (χ0v) is 20.0.